The highest BCUT2D eigenvalue weighted by atomic mass is 32.2. The zero-order valence-corrected chi connectivity index (χ0v) is 17.1. The number of piperidine rings is 1. The van der Waals surface area contributed by atoms with Crippen LogP contribution >= 0.6 is 11.8 Å². The molecule has 1 saturated heterocycles. The van der Waals surface area contributed by atoms with Gasteiger partial charge in [0, 0.05) is 23.5 Å². The van der Waals surface area contributed by atoms with Crippen molar-refractivity contribution in [3.8, 4) is 0 Å². The molecule has 1 aliphatic heterocycles. The number of rotatable bonds is 5. The molecule has 1 amide bonds. The number of nitrogens with one attached hydrogen (secondary N) is 1. The molecule has 0 bridgehead atoms. The molecule has 27 heavy (non-hydrogen) atoms. The van der Waals surface area contributed by atoms with Gasteiger partial charge in [-0.3, -0.25) is 4.79 Å². The first kappa shape index (κ1) is 19.9. The van der Waals surface area contributed by atoms with Gasteiger partial charge in [-0.15, -0.1) is 11.8 Å². The molecule has 3 rings (SSSR count). The number of amides is 1. The molecule has 1 N–H and O–H groups in total. The first-order chi connectivity index (χ1) is 12.9. The summed E-state index contributed by atoms with van der Waals surface area (Å²) in [6.45, 7) is 3.25. The van der Waals surface area contributed by atoms with Crippen molar-refractivity contribution in [2.24, 2.45) is 5.92 Å². The number of hydrogen-bond donors (Lipinski definition) is 1. The topological polar surface area (TPSA) is 66.5 Å². The molecule has 1 fully saturated rings. The highest BCUT2D eigenvalue weighted by Gasteiger charge is 2.28. The van der Waals surface area contributed by atoms with Crippen molar-refractivity contribution in [1.29, 1.82) is 0 Å². The normalized spacial score (nSPS) is 16.2. The minimum Gasteiger partial charge on any atom is -0.321 e. The van der Waals surface area contributed by atoms with Gasteiger partial charge in [-0.25, -0.2) is 8.42 Å². The first-order valence-corrected chi connectivity index (χ1v) is 11.6. The van der Waals surface area contributed by atoms with E-state index in [0.29, 0.717) is 24.6 Å². The third-order valence-corrected chi connectivity index (χ3v) is 7.56. The van der Waals surface area contributed by atoms with Crippen LogP contribution in [0.4, 0.5) is 5.69 Å². The van der Waals surface area contributed by atoms with Crippen LogP contribution in [0.2, 0.25) is 0 Å². The van der Waals surface area contributed by atoms with Gasteiger partial charge in [0.2, 0.25) is 10.0 Å². The van der Waals surface area contributed by atoms with E-state index in [1.54, 1.807) is 23.9 Å². The van der Waals surface area contributed by atoms with Crippen LogP contribution in [0.1, 0.15) is 30.1 Å². The summed E-state index contributed by atoms with van der Waals surface area (Å²) in [4.78, 5) is 13.7. The molecule has 0 aliphatic carbocycles. The van der Waals surface area contributed by atoms with Gasteiger partial charge in [0.1, 0.15) is 0 Å². The highest BCUT2D eigenvalue weighted by molar-refractivity contribution is 7.98. The Balaban J connectivity index is 1.74. The lowest BCUT2D eigenvalue weighted by atomic mass is 10.0. The molecule has 1 heterocycles. The Labute approximate surface area is 165 Å². The Hall–Kier alpha value is -1.83. The number of sulfonamides is 1. The van der Waals surface area contributed by atoms with Gasteiger partial charge in [0.05, 0.1) is 10.6 Å². The van der Waals surface area contributed by atoms with Crippen LogP contribution in [0, 0.1) is 5.92 Å². The van der Waals surface area contributed by atoms with E-state index in [-0.39, 0.29) is 10.8 Å². The maximum absolute atomic E-state index is 12.8. The van der Waals surface area contributed by atoms with Crippen molar-refractivity contribution < 1.29 is 13.2 Å². The average Bonchev–Trinajstić information content (AvgIpc) is 2.69. The fourth-order valence-electron chi connectivity index (χ4n) is 3.09. The SMILES string of the molecule is CSc1ccccc1NC(=O)c1ccc(S(=O)(=O)N2CCC(C)CC2)cc1. The van der Waals surface area contributed by atoms with Crippen LogP contribution in [-0.2, 0) is 10.0 Å². The van der Waals surface area contributed by atoms with Crippen LogP contribution < -0.4 is 5.32 Å². The Kier molecular flexibility index (Phi) is 6.24. The lowest BCUT2D eigenvalue weighted by molar-refractivity contribution is 0.102. The van der Waals surface area contributed by atoms with Gasteiger partial charge in [-0.1, -0.05) is 19.1 Å². The summed E-state index contributed by atoms with van der Waals surface area (Å²) in [6, 6.07) is 13.7. The molecule has 0 radical (unpaired) electrons. The number of hydrogen-bond acceptors (Lipinski definition) is 4. The number of para-hydroxylation sites is 1. The largest absolute Gasteiger partial charge is 0.321 e. The van der Waals surface area contributed by atoms with E-state index in [1.807, 2.05) is 30.5 Å². The second kappa shape index (κ2) is 8.46. The number of carbonyl (C=O) groups excluding carboxylic acids is 1. The number of thioether (sulfide) groups is 1. The summed E-state index contributed by atoms with van der Waals surface area (Å²) in [6.07, 6.45) is 3.72. The van der Waals surface area contributed by atoms with E-state index in [0.717, 1.165) is 23.4 Å². The standard InChI is InChI=1S/C20H24N2O3S2/c1-15-11-13-22(14-12-15)27(24,25)17-9-7-16(8-10-17)20(23)21-18-5-3-4-6-19(18)26-2/h3-10,15H,11-14H2,1-2H3,(H,21,23). The molecule has 0 aromatic heterocycles. The summed E-state index contributed by atoms with van der Waals surface area (Å²) in [5, 5.41) is 2.88. The smallest absolute Gasteiger partial charge is 0.255 e. The minimum atomic E-state index is -3.50. The van der Waals surface area contributed by atoms with E-state index in [2.05, 4.69) is 12.2 Å². The lowest BCUT2D eigenvalue weighted by Crippen LogP contribution is -2.37. The van der Waals surface area contributed by atoms with E-state index in [1.165, 1.54) is 16.4 Å². The molecule has 5 nitrogen and oxygen atoms in total. The van der Waals surface area contributed by atoms with Crippen LogP contribution in [-0.4, -0.2) is 38.0 Å². The molecule has 1 aliphatic rings. The van der Waals surface area contributed by atoms with Gasteiger partial charge in [-0.05, 0) is 61.4 Å². The predicted molar refractivity (Wildman–Crippen MR) is 110 cm³/mol. The Morgan fingerprint density at radius 1 is 1.07 bits per heavy atom. The van der Waals surface area contributed by atoms with Gasteiger partial charge in [0.15, 0.2) is 0 Å². The molecular weight excluding hydrogens is 380 g/mol. The molecule has 0 saturated carbocycles. The van der Waals surface area contributed by atoms with Gasteiger partial charge < -0.3 is 5.32 Å². The van der Waals surface area contributed by atoms with Crippen LogP contribution in [0.3, 0.4) is 0 Å². The van der Waals surface area contributed by atoms with Crippen LogP contribution in [0.25, 0.3) is 0 Å². The summed E-state index contributed by atoms with van der Waals surface area (Å²) in [5.41, 5.74) is 1.17. The summed E-state index contributed by atoms with van der Waals surface area (Å²) in [5.74, 6) is 0.305. The molecule has 2 aromatic carbocycles. The Bertz CT molecular complexity index is 903. The van der Waals surface area contributed by atoms with E-state index < -0.39 is 10.0 Å². The third kappa shape index (κ3) is 4.54. The van der Waals surface area contributed by atoms with Gasteiger partial charge >= 0.3 is 0 Å². The summed E-state index contributed by atoms with van der Waals surface area (Å²) in [7, 11) is -3.50. The van der Waals surface area contributed by atoms with Crippen molar-refractivity contribution in [1.82, 2.24) is 4.31 Å². The maximum atomic E-state index is 12.8. The first-order valence-electron chi connectivity index (χ1n) is 8.96. The van der Waals surface area contributed by atoms with Crippen molar-refractivity contribution in [3.05, 3.63) is 54.1 Å². The number of benzene rings is 2. The second-order valence-corrected chi connectivity index (χ2v) is 9.55. The van der Waals surface area contributed by atoms with E-state index in [9.17, 15) is 13.2 Å². The highest BCUT2D eigenvalue weighted by Crippen LogP contribution is 2.26. The molecule has 0 atom stereocenters. The Morgan fingerprint density at radius 3 is 2.33 bits per heavy atom. The fourth-order valence-corrected chi connectivity index (χ4v) is 5.12. The van der Waals surface area contributed by atoms with E-state index in [4.69, 9.17) is 0 Å². The van der Waals surface area contributed by atoms with Crippen LogP contribution in [0.15, 0.2) is 58.3 Å². The van der Waals surface area contributed by atoms with Crippen molar-refractivity contribution in [2.75, 3.05) is 24.7 Å². The molecule has 2 aromatic rings. The minimum absolute atomic E-state index is 0.234. The Morgan fingerprint density at radius 2 is 1.70 bits per heavy atom. The monoisotopic (exact) mass is 404 g/mol. The number of anilines is 1. The maximum Gasteiger partial charge on any atom is 0.255 e. The molecule has 7 heteroatoms. The molecule has 0 spiro atoms. The fraction of sp³-hybridized carbons (Fsp3) is 0.350. The summed E-state index contributed by atoms with van der Waals surface area (Å²) < 4.78 is 27.1. The third-order valence-electron chi connectivity index (χ3n) is 4.85. The molecule has 144 valence electrons. The molecule has 0 unspecified atom stereocenters. The van der Waals surface area contributed by atoms with Crippen LogP contribution in [0.5, 0.6) is 0 Å². The van der Waals surface area contributed by atoms with Crippen molar-refractivity contribution >= 4 is 33.4 Å². The molecular formula is C20H24N2O3S2. The quantitative estimate of drug-likeness (QED) is 0.763. The van der Waals surface area contributed by atoms with Crippen molar-refractivity contribution in [3.63, 3.8) is 0 Å². The average molecular weight is 405 g/mol. The van der Waals surface area contributed by atoms with Gasteiger partial charge in [-0.2, -0.15) is 4.31 Å². The lowest BCUT2D eigenvalue weighted by Gasteiger charge is -2.29. The van der Waals surface area contributed by atoms with Gasteiger partial charge in [0.25, 0.3) is 5.91 Å². The number of carbonyl (C=O) groups is 1. The number of nitrogens with zero attached hydrogens (tertiary/aromatic N) is 1. The van der Waals surface area contributed by atoms with Crippen molar-refractivity contribution in [2.45, 2.75) is 29.6 Å². The second-order valence-electron chi connectivity index (χ2n) is 6.77. The zero-order valence-electron chi connectivity index (χ0n) is 15.5. The predicted octanol–water partition coefficient (Wildman–Crippen LogP) is 4.08. The van der Waals surface area contributed by atoms with E-state index >= 15 is 0 Å². The zero-order chi connectivity index (χ0) is 19.4. The summed E-state index contributed by atoms with van der Waals surface area (Å²) >= 11 is 1.55.